The molecule has 0 aliphatic carbocycles. The average molecular weight is 217 g/mol. The predicted molar refractivity (Wildman–Crippen MR) is 64.8 cm³/mol. The van der Waals surface area contributed by atoms with Crippen molar-refractivity contribution in [3.8, 4) is 6.07 Å². The zero-order valence-electron chi connectivity index (χ0n) is 10.4. The summed E-state index contributed by atoms with van der Waals surface area (Å²) < 4.78 is 0. The highest BCUT2D eigenvalue weighted by Crippen LogP contribution is 2.41. The van der Waals surface area contributed by atoms with Crippen LogP contribution in [-0.4, -0.2) is 5.11 Å². The average Bonchev–Trinajstić information content (AvgIpc) is 2.29. The summed E-state index contributed by atoms with van der Waals surface area (Å²) in [6, 6.07) is 9.23. The van der Waals surface area contributed by atoms with Gasteiger partial charge in [-0.3, -0.25) is 0 Å². The molecule has 1 aromatic carbocycles. The molecule has 2 nitrogen and oxygen atoms in total. The van der Waals surface area contributed by atoms with Crippen molar-refractivity contribution in [1.82, 2.24) is 0 Å². The van der Waals surface area contributed by atoms with Crippen LogP contribution in [-0.2, 0) is 5.60 Å². The van der Waals surface area contributed by atoms with Gasteiger partial charge in [0.2, 0.25) is 0 Å². The second kappa shape index (κ2) is 4.27. The van der Waals surface area contributed by atoms with Gasteiger partial charge in [-0.1, -0.05) is 32.9 Å². The summed E-state index contributed by atoms with van der Waals surface area (Å²) in [7, 11) is 0. The first kappa shape index (κ1) is 12.7. The van der Waals surface area contributed by atoms with Gasteiger partial charge >= 0.3 is 0 Å². The van der Waals surface area contributed by atoms with E-state index in [9.17, 15) is 5.11 Å². The van der Waals surface area contributed by atoms with Gasteiger partial charge in [0.1, 0.15) is 0 Å². The van der Waals surface area contributed by atoms with E-state index < -0.39 is 5.60 Å². The SMILES string of the molecule is CCC(C)(C)C(C)(O)c1ccc(C#N)cc1. The van der Waals surface area contributed by atoms with Crippen LogP contribution in [0.5, 0.6) is 0 Å². The van der Waals surface area contributed by atoms with Crippen molar-refractivity contribution < 1.29 is 5.11 Å². The third kappa shape index (κ3) is 2.10. The van der Waals surface area contributed by atoms with Gasteiger partial charge in [0.05, 0.1) is 17.2 Å². The van der Waals surface area contributed by atoms with Crippen LogP contribution in [0.15, 0.2) is 24.3 Å². The number of benzene rings is 1. The fraction of sp³-hybridized carbons (Fsp3) is 0.500. The lowest BCUT2D eigenvalue weighted by Gasteiger charge is -2.40. The molecule has 1 aromatic rings. The van der Waals surface area contributed by atoms with Gasteiger partial charge in [-0.2, -0.15) is 5.26 Å². The summed E-state index contributed by atoms with van der Waals surface area (Å²) in [5.41, 5.74) is 0.406. The summed E-state index contributed by atoms with van der Waals surface area (Å²) in [5.74, 6) is 0. The molecule has 0 spiro atoms. The summed E-state index contributed by atoms with van der Waals surface area (Å²) in [4.78, 5) is 0. The van der Waals surface area contributed by atoms with Crippen LogP contribution in [0.1, 0.15) is 45.2 Å². The van der Waals surface area contributed by atoms with E-state index in [2.05, 4.69) is 13.0 Å². The molecule has 0 aromatic heterocycles. The molecule has 2 heteroatoms. The summed E-state index contributed by atoms with van der Waals surface area (Å²) >= 11 is 0. The first-order valence-corrected chi connectivity index (χ1v) is 5.58. The van der Waals surface area contributed by atoms with E-state index in [1.165, 1.54) is 0 Å². The molecule has 1 unspecified atom stereocenters. The second-order valence-electron chi connectivity index (χ2n) is 5.00. The Morgan fingerprint density at radius 1 is 1.19 bits per heavy atom. The van der Waals surface area contributed by atoms with Crippen molar-refractivity contribution in [1.29, 1.82) is 5.26 Å². The number of rotatable bonds is 3. The molecule has 1 atom stereocenters. The Morgan fingerprint density at radius 2 is 1.69 bits per heavy atom. The van der Waals surface area contributed by atoms with Crippen molar-refractivity contribution in [2.75, 3.05) is 0 Å². The van der Waals surface area contributed by atoms with Gasteiger partial charge in [0.15, 0.2) is 0 Å². The molecule has 0 saturated heterocycles. The maximum Gasteiger partial charge on any atom is 0.0991 e. The molecule has 16 heavy (non-hydrogen) atoms. The van der Waals surface area contributed by atoms with Crippen LogP contribution in [0.4, 0.5) is 0 Å². The third-order valence-electron chi connectivity index (χ3n) is 3.78. The minimum Gasteiger partial charge on any atom is -0.385 e. The van der Waals surface area contributed by atoms with Crippen LogP contribution in [0.2, 0.25) is 0 Å². The summed E-state index contributed by atoms with van der Waals surface area (Å²) in [6.07, 6.45) is 0.889. The van der Waals surface area contributed by atoms with E-state index in [4.69, 9.17) is 5.26 Å². The summed E-state index contributed by atoms with van der Waals surface area (Å²) in [5, 5.41) is 19.3. The second-order valence-corrected chi connectivity index (χ2v) is 5.00. The minimum atomic E-state index is -0.879. The van der Waals surface area contributed by atoms with Gasteiger partial charge in [-0.25, -0.2) is 0 Å². The van der Waals surface area contributed by atoms with E-state index >= 15 is 0 Å². The van der Waals surface area contributed by atoms with Crippen molar-refractivity contribution in [2.45, 2.75) is 39.7 Å². The number of nitrogens with zero attached hydrogens (tertiary/aromatic N) is 1. The topological polar surface area (TPSA) is 44.0 Å². The molecule has 0 aliphatic rings. The molecule has 1 rings (SSSR count). The zero-order chi connectivity index (χ0) is 12.4. The number of aliphatic hydroxyl groups is 1. The monoisotopic (exact) mass is 217 g/mol. The lowest BCUT2D eigenvalue weighted by molar-refractivity contribution is -0.0593. The van der Waals surface area contributed by atoms with Gasteiger partial charge in [-0.15, -0.1) is 0 Å². The van der Waals surface area contributed by atoms with E-state index in [1.54, 1.807) is 12.1 Å². The molecule has 86 valence electrons. The molecule has 0 radical (unpaired) electrons. The molecule has 0 fully saturated rings. The summed E-state index contributed by atoms with van der Waals surface area (Å²) in [6.45, 7) is 7.99. The van der Waals surface area contributed by atoms with E-state index in [0.717, 1.165) is 12.0 Å². The van der Waals surface area contributed by atoms with Gasteiger partial charge in [0, 0.05) is 0 Å². The standard InChI is InChI=1S/C14H19NO/c1-5-13(2,3)14(4,16)12-8-6-11(10-15)7-9-12/h6-9,16H,5H2,1-4H3. The Hall–Kier alpha value is -1.33. The van der Waals surface area contributed by atoms with Crippen molar-refractivity contribution in [3.63, 3.8) is 0 Å². The highest BCUT2D eigenvalue weighted by Gasteiger charge is 2.39. The van der Waals surface area contributed by atoms with E-state index in [0.29, 0.717) is 5.56 Å². The lowest BCUT2D eigenvalue weighted by atomic mass is 9.70. The molecule has 0 amide bonds. The van der Waals surface area contributed by atoms with Crippen LogP contribution >= 0.6 is 0 Å². The molecule has 0 bridgehead atoms. The van der Waals surface area contributed by atoms with Crippen LogP contribution in [0, 0.1) is 16.7 Å². The molecule has 0 saturated carbocycles. The van der Waals surface area contributed by atoms with E-state index in [1.807, 2.05) is 32.9 Å². The number of hydrogen-bond donors (Lipinski definition) is 1. The first-order chi connectivity index (χ1) is 7.35. The quantitative estimate of drug-likeness (QED) is 0.845. The van der Waals surface area contributed by atoms with Crippen molar-refractivity contribution >= 4 is 0 Å². The Morgan fingerprint density at radius 3 is 2.06 bits per heavy atom. The highest BCUT2D eigenvalue weighted by atomic mass is 16.3. The van der Waals surface area contributed by atoms with Gasteiger partial charge < -0.3 is 5.11 Å². The minimum absolute atomic E-state index is 0.193. The van der Waals surface area contributed by atoms with Gasteiger partial charge in [-0.05, 0) is 36.5 Å². The molecule has 0 heterocycles. The third-order valence-corrected chi connectivity index (χ3v) is 3.78. The van der Waals surface area contributed by atoms with Crippen LogP contribution in [0.25, 0.3) is 0 Å². The highest BCUT2D eigenvalue weighted by molar-refractivity contribution is 5.34. The maximum atomic E-state index is 10.6. The van der Waals surface area contributed by atoms with Crippen LogP contribution in [0.3, 0.4) is 0 Å². The van der Waals surface area contributed by atoms with Crippen LogP contribution < -0.4 is 0 Å². The number of nitriles is 1. The first-order valence-electron chi connectivity index (χ1n) is 5.58. The Balaban J connectivity index is 3.13. The largest absolute Gasteiger partial charge is 0.385 e. The predicted octanol–water partition coefficient (Wildman–Crippen LogP) is 3.20. The molecular formula is C14H19NO. The Bertz CT molecular complexity index is 396. The van der Waals surface area contributed by atoms with E-state index in [-0.39, 0.29) is 5.41 Å². The molecule has 1 N–H and O–H groups in total. The van der Waals surface area contributed by atoms with Crippen molar-refractivity contribution in [2.24, 2.45) is 5.41 Å². The van der Waals surface area contributed by atoms with Crippen molar-refractivity contribution in [3.05, 3.63) is 35.4 Å². The lowest BCUT2D eigenvalue weighted by Crippen LogP contribution is -2.38. The molecule has 0 aliphatic heterocycles. The molecular weight excluding hydrogens is 198 g/mol. The Kier molecular flexibility index (Phi) is 3.40. The fourth-order valence-electron chi connectivity index (χ4n) is 1.60. The maximum absolute atomic E-state index is 10.6. The zero-order valence-corrected chi connectivity index (χ0v) is 10.4. The fourth-order valence-corrected chi connectivity index (χ4v) is 1.60. The normalized spacial score (nSPS) is 15.2. The number of hydrogen-bond acceptors (Lipinski definition) is 2. The Labute approximate surface area is 97.5 Å². The van der Waals surface area contributed by atoms with Gasteiger partial charge in [0.25, 0.3) is 0 Å². The smallest absolute Gasteiger partial charge is 0.0991 e.